The molecule has 6 nitrogen and oxygen atoms in total. The van der Waals surface area contributed by atoms with Crippen LogP contribution >= 0.6 is 0 Å². The van der Waals surface area contributed by atoms with Gasteiger partial charge in [-0.1, -0.05) is 6.92 Å². The number of rotatable bonds is 4. The van der Waals surface area contributed by atoms with Gasteiger partial charge in [-0.25, -0.2) is 0 Å². The molecule has 0 radical (unpaired) electrons. The van der Waals surface area contributed by atoms with Crippen molar-refractivity contribution in [2.75, 3.05) is 0 Å². The summed E-state index contributed by atoms with van der Waals surface area (Å²) in [5, 5.41) is 5.71. The molecular weight excluding hydrogens is 306 g/mol. The molecule has 132 valence electrons. The van der Waals surface area contributed by atoms with Crippen molar-refractivity contribution in [2.24, 2.45) is 5.92 Å². The Morgan fingerprint density at radius 1 is 1.29 bits per heavy atom. The van der Waals surface area contributed by atoms with Crippen LogP contribution in [0.3, 0.4) is 0 Å². The average molecular weight is 333 g/mol. The third kappa shape index (κ3) is 4.04. The first-order valence-corrected chi connectivity index (χ1v) is 8.50. The largest absolute Gasteiger partial charge is 0.350 e. The number of amides is 2. The van der Waals surface area contributed by atoms with Gasteiger partial charge in [-0.15, -0.1) is 0 Å². The molecule has 0 spiro atoms. The summed E-state index contributed by atoms with van der Waals surface area (Å²) in [5.74, 6) is 0.148. The Kier molecular flexibility index (Phi) is 5.47. The maximum atomic E-state index is 12.8. The number of aryl methyl sites for hydroxylation is 2. The number of hydrogen-bond donors (Lipinski definition) is 3. The molecule has 6 heteroatoms. The quantitative estimate of drug-likeness (QED) is 0.783. The van der Waals surface area contributed by atoms with E-state index in [0.717, 1.165) is 24.1 Å². The highest BCUT2D eigenvalue weighted by Gasteiger charge is 2.41. The molecule has 0 saturated heterocycles. The molecule has 0 bridgehead atoms. The van der Waals surface area contributed by atoms with Crippen molar-refractivity contribution in [3.8, 4) is 0 Å². The first kappa shape index (κ1) is 18.2. The van der Waals surface area contributed by atoms with Crippen molar-refractivity contribution in [1.29, 1.82) is 0 Å². The molecule has 1 fully saturated rings. The molecule has 1 aliphatic rings. The maximum absolute atomic E-state index is 12.8. The molecule has 1 aromatic rings. The Morgan fingerprint density at radius 3 is 2.46 bits per heavy atom. The fourth-order valence-corrected chi connectivity index (χ4v) is 3.44. The van der Waals surface area contributed by atoms with Gasteiger partial charge in [-0.3, -0.25) is 14.4 Å². The number of aromatic nitrogens is 1. The standard InChI is InChI=1S/C18H27N3O3/c1-11-5-7-18(8-6-11,21-14(4)22)17(24)19-10-15-12(2)9-13(3)20-16(15)23/h9,11H,5-8,10H2,1-4H3,(H,19,24)(H,20,23)(H,21,22). The zero-order valence-corrected chi connectivity index (χ0v) is 14.9. The first-order valence-electron chi connectivity index (χ1n) is 8.50. The normalized spacial score (nSPS) is 23.6. The molecule has 1 aromatic heterocycles. The van der Waals surface area contributed by atoms with Gasteiger partial charge in [0.15, 0.2) is 0 Å². The van der Waals surface area contributed by atoms with Gasteiger partial charge >= 0.3 is 0 Å². The fraction of sp³-hybridized carbons (Fsp3) is 0.611. The Bertz CT molecular complexity index is 685. The van der Waals surface area contributed by atoms with E-state index in [9.17, 15) is 14.4 Å². The van der Waals surface area contributed by atoms with Crippen LogP contribution in [0.25, 0.3) is 0 Å². The van der Waals surface area contributed by atoms with Gasteiger partial charge in [0.1, 0.15) is 5.54 Å². The predicted octanol–water partition coefficient (Wildman–Crippen LogP) is 1.69. The van der Waals surface area contributed by atoms with Crippen LogP contribution in [0.15, 0.2) is 10.9 Å². The monoisotopic (exact) mass is 333 g/mol. The van der Waals surface area contributed by atoms with Gasteiger partial charge in [0.2, 0.25) is 11.8 Å². The number of carbonyl (C=O) groups excluding carboxylic acids is 2. The van der Waals surface area contributed by atoms with Gasteiger partial charge in [0.05, 0.1) is 0 Å². The molecule has 1 heterocycles. The van der Waals surface area contributed by atoms with E-state index in [2.05, 4.69) is 22.5 Å². The van der Waals surface area contributed by atoms with Crippen LogP contribution in [-0.4, -0.2) is 22.3 Å². The Hall–Kier alpha value is -2.11. The van der Waals surface area contributed by atoms with Crippen molar-refractivity contribution < 1.29 is 9.59 Å². The number of nitrogens with one attached hydrogen (secondary N) is 3. The topological polar surface area (TPSA) is 91.1 Å². The van der Waals surface area contributed by atoms with E-state index in [4.69, 9.17) is 0 Å². The highest BCUT2D eigenvalue weighted by atomic mass is 16.2. The highest BCUT2D eigenvalue weighted by molar-refractivity contribution is 5.91. The van der Waals surface area contributed by atoms with Crippen LogP contribution in [0.5, 0.6) is 0 Å². The SMILES string of the molecule is CC(=O)NC1(C(=O)NCc2c(C)cc(C)[nH]c2=O)CCC(C)CC1. The Labute approximate surface area is 142 Å². The van der Waals surface area contributed by atoms with Crippen molar-refractivity contribution in [1.82, 2.24) is 15.6 Å². The van der Waals surface area contributed by atoms with Gasteiger partial charge < -0.3 is 15.6 Å². The van der Waals surface area contributed by atoms with Crippen LogP contribution in [0.4, 0.5) is 0 Å². The fourth-order valence-electron chi connectivity index (χ4n) is 3.44. The number of hydrogen-bond acceptors (Lipinski definition) is 3. The summed E-state index contributed by atoms with van der Waals surface area (Å²) in [6, 6.07) is 1.88. The van der Waals surface area contributed by atoms with Crippen molar-refractivity contribution in [3.05, 3.63) is 33.2 Å². The lowest BCUT2D eigenvalue weighted by atomic mass is 9.76. The Morgan fingerprint density at radius 2 is 1.92 bits per heavy atom. The second-order valence-corrected chi connectivity index (χ2v) is 7.07. The van der Waals surface area contributed by atoms with E-state index < -0.39 is 5.54 Å². The van der Waals surface area contributed by atoms with Crippen LogP contribution in [-0.2, 0) is 16.1 Å². The molecule has 24 heavy (non-hydrogen) atoms. The lowest BCUT2D eigenvalue weighted by molar-refractivity contribution is -0.134. The van der Waals surface area contributed by atoms with E-state index in [1.165, 1.54) is 6.92 Å². The van der Waals surface area contributed by atoms with Gasteiger partial charge in [-0.2, -0.15) is 0 Å². The van der Waals surface area contributed by atoms with Gasteiger partial charge in [0, 0.05) is 24.7 Å². The lowest BCUT2D eigenvalue weighted by Crippen LogP contribution is -2.59. The van der Waals surface area contributed by atoms with E-state index in [1.807, 2.05) is 19.9 Å². The van der Waals surface area contributed by atoms with E-state index >= 15 is 0 Å². The minimum Gasteiger partial charge on any atom is -0.350 e. The third-order valence-corrected chi connectivity index (χ3v) is 4.90. The summed E-state index contributed by atoms with van der Waals surface area (Å²) in [6.07, 6.45) is 3.06. The smallest absolute Gasteiger partial charge is 0.253 e. The van der Waals surface area contributed by atoms with E-state index in [-0.39, 0.29) is 23.9 Å². The average Bonchev–Trinajstić information content (AvgIpc) is 2.48. The summed E-state index contributed by atoms with van der Waals surface area (Å²) in [7, 11) is 0. The molecule has 0 unspecified atom stereocenters. The van der Waals surface area contributed by atoms with Crippen molar-refractivity contribution in [3.63, 3.8) is 0 Å². The Balaban J connectivity index is 2.14. The number of aromatic amines is 1. The van der Waals surface area contributed by atoms with Crippen LogP contribution in [0, 0.1) is 19.8 Å². The molecule has 3 N–H and O–H groups in total. The second-order valence-electron chi connectivity index (χ2n) is 7.07. The maximum Gasteiger partial charge on any atom is 0.253 e. The number of carbonyl (C=O) groups is 2. The summed E-state index contributed by atoms with van der Waals surface area (Å²) in [5.41, 5.74) is 1.16. The minimum atomic E-state index is -0.857. The predicted molar refractivity (Wildman–Crippen MR) is 92.6 cm³/mol. The molecule has 0 aromatic carbocycles. The minimum absolute atomic E-state index is 0.164. The lowest BCUT2D eigenvalue weighted by Gasteiger charge is -2.38. The molecule has 2 amide bonds. The molecule has 1 aliphatic carbocycles. The van der Waals surface area contributed by atoms with Gasteiger partial charge in [0.25, 0.3) is 5.56 Å². The van der Waals surface area contributed by atoms with Crippen molar-refractivity contribution in [2.45, 2.75) is 65.5 Å². The van der Waals surface area contributed by atoms with Gasteiger partial charge in [-0.05, 0) is 57.1 Å². The second kappa shape index (κ2) is 7.20. The number of pyridine rings is 1. The van der Waals surface area contributed by atoms with Crippen LogP contribution in [0.1, 0.15) is 56.4 Å². The molecule has 0 aliphatic heterocycles. The molecule has 0 atom stereocenters. The number of H-pyrrole nitrogens is 1. The summed E-state index contributed by atoms with van der Waals surface area (Å²) in [6.45, 7) is 7.44. The zero-order chi connectivity index (χ0) is 17.9. The molecule has 1 saturated carbocycles. The van der Waals surface area contributed by atoms with Crippen LogP contribution < -0.4 is 16.2 Å². The summed E-state index contributed by atoms with van der Waals surface area (Å²) < 4.78 is 0. The summed E-state index contributed by atoms with van der Waals surface area (Å²) >= 11 is 0. The zero-order valence-electron chi connectivity index (χ0n) is 14.9. The molecular formula is C18H27N3O3. The molecule has 2 rings (SSSR count). The van der Waals surface area contributed by atoms with Crippen LogP contribution in [0.2, 0.25) is 0 Å². The van der Waals surface area contributed by atoms with E-state index in [1.54, 1.807) is 0 Å². The first-order chi connectivity index (χ1) is 11.2. The summed E-state index contributed by atoms with van der Waals surface area (Å²) in [4.78, 5) is 39.2. The third-order valence-electron chi connectivity index (χ3n) is 4.90. The van der Waals surface area contributed by atoms with E-state index in [0.29, 0.717) is 24.3 Å². The van der Waals surface area contributed by atoms with Crippen molar-refractivity contribution >= 4 is 11.8 Å². The highest BCUT2D eigenvalue weighted by Crippen LogP contribution is 2.32.